The number of thiophene rings is 1. The molecule has 4 nitrogen and oxygen atoms in total. The summed E-state index contributed by atoms with van der Waals surface area (Å²) in [6.07, 6.45) is -4.56. The van der Waals surface area contributed by atoms with Gasteiger partial charge >= 0.3 is 6.18 Å². The Morgan fingerprint density at radius 3 is 2.53 bits per heavy atom. The zero-order valence-corrected chi connectivity index (χ0v) is 10.5. The van der Waals surface area contributed by atoms with E-state index in [9.17, 15) is 21.6 Å². The predicted molar refractivity (Wildman–Crippen MR) is 58.3 cm³/mol. The molecule has 0 atom stereocenters. The fourth-order valence-electron chi connectivity index (χ4n) is 1.02. The second-order valence-electron chi connectivity index (χ2n) is 3.19. The van der Waals surface area contributed by atoms with E-state index in [0.717, 1.165) is 16.2 Å². The minimum absolute atomic E-state index is 0.119. The zero-order chi connectivity index (χ0) is 13.1. The normalized spacial score (nSPS) is 12.9. The first-order valence-electron chi connectivity index (χ1n) is 4.54. The summed E-state index contributed by atoms with van der Waals surface area (Å²) < 4.78 is 60.0. The van der Waals surface area contributed by atoms with Crippen LogP contribution < -0.4 is 10.0 Å². The minimum Gasteiger partial charge on any atom is -0.315 e. The molecule has 98 valence electrons. The van der Waals surface area contributed by atoms with Gasteiger partial charge in [-0.3, -0.25) is 0 Å². The van der Waals surface area contributed by atoms with Gasteiger partial charge in [0.25, 0.3) is 0 Å². The van der Waals surface area contributed by atoms with Gasteiger partial charge in [-0.05, 0) is 19.2 Å². The third-order valence-corrected chi connectivity index (χ3v) is 4.69. The van der Waals surface area contributed by atoms with Crippen molar-refractivity contribution in [3.05, 3.63) is 17.0 Å². The van der Waals surface area contributed by atoms with Gasteiger partial charge in [0, 0.05) is 11.4 Å². The quantitative estimate of drug-likeness (QED) is 0.859. The number of rotatable bonds is 5. The van der Waals surface area contributed by atoms with Crippen LogP contribution in [0.4, 0.5) is 13.2 Å². The number of nitrogens with one attached hydrogen (secondary N) is 2. The highest BCUT2D eigenvalue weighted by molar-refractivity contribution is 7.91. The summed E-state index contributed by atoms with van der Waals surface area (Å²) in [5.41, 5.74) is 0. The van der Waals surface area contributed by atoms with Crippen LogP contribution in [0.25, 0.3) is 0 Å². The molecule has 0 aliphatic heterocycles. The molecule has 0 unspecified atom stereocenters. The molecule has 0 aromatic carbocycles. The second kappa shape index (κ2) is 5.34. The topological polar surface area (TPSA) is 58.2 Å². The van der Waals surface area contributed by atoms with Crippen molar-refractivity contribution in [1.29, 1.82) is 0 Å². The Morgan fingerprint density at radius 1 is 1.35 bits per heavy atom. The Kier molecular flexibility index (Phi) is 4.53. The van der Waals surface area contributed by atoms with Crippen molar-refractivity contribution in [3.8, 4) is 0 Å². The molecule has 1 heterocycles. The van der Waals surface area contributed by atoms with Crippen molar-refractivity contribution in [3.63, 3.8) is 0 Å². The Hall–Kier alpha value is -0.640. The number of halogens is 3. The maximum atomic E-state index is 11.9. The molecular formula is C8H11F3N2O2S2. The Balaban J connectivity index is 2.75. The van der Waals surface area contributed by atoms with Crippen molar-refractivity contribution < 1.29 is 21.6 Å². The summed E-state index contributed by atoms with van der Waals surface area (Å²) in [5.74, 6) is 0. The molecule has 0 fully saturated rings. The first kappa shape index (κ1) is 14.4. The van der Waals surface area contributed by atoms with Crippen LogP contribution in [0.3, 0.4) is 0 Å². The molecule has 1 aromatic heterocycles. The number of sulfonamides is 1. The maximum Gasteiger partial charge on any atom is 0.402 e. The van der Waals surface area contributed by atoms with Crippen LogP contribution in [0, 0.1) is 0 Å². The van der Waals surface area contributed by atoms with Crippen LogP contribution in [-0.4, -0.2) is 28.2 Å². The van der Waals surface area contributed by atoms with E-state index in [1.807, 2.05) is 0 Å². The van der Waals surface area contributed by atoms with Crippen LogP contribution in [0.1, 0.15) is 4.88 Å². The van der Waals surface area contributed by atoms with E-state index in [-0.39, 0.29) is 4.21 Å². The molecule has 0 bridgehead atoms. The van der Waals surface area contributed by atoms with Gasteiger partial charge < -0.3 is 5.32 Å². The molecule has 9 heteroatoms. The van der Waals surface area contributed by atoms with Gasteiger partial charge in [-0.15, -0.1) is 11.3 Å². The second-order valence-corrected chi connectivity index (χ2v) is 6.35. The molecule has 0 amide bonds. The average Bonchev–Trinajstić information content (AvgIpc) is 2.64. The Labute approximate surface area is 101 Å². The number of hydrogen-bond donors (Lipinski definition) is 2. The summed E-state index contributed by atoms with van der Waals surface area (Å²) in [6.45, 7) is -1.09. The fraction of sp³-hybridized carbons (Fsp3) is 0.500. The number of alkyl halides is 3. The molecule has 17 heavy (non-hydrogen) atoms. The van der Waals surface area contributed by atoms with Gasteiger partial charge in [-0.1, -0.05) is 0 Å². The van der Waals surface area contributed by atoms with E-state index in [1.165, 1.54) is 10.8 Å². The first-order valence-corrected chi connectivity index (χ1v) is 6.84. The third-order valence-electron chi connectivity index (χ3n) is 1.72. The SMILES string of the molecule is CNCc1ccc(S(=O)(=O)NCC(F)(F)F)s1. The van der Waals surface area contributed by atoms with E-state index in [2.05, 4.69) is 5.32 Å². The average molecular weight is 288 g/mol. The zero-order valence-electron chi connectivity index (χ0n) is 8.84. The maximum absolute atomic E-state index is 11.9. The molecule has 0 spiro atoms. The van der Waals surface area contributed by atoms with Crippen LogP contribution in [0.2, 0.25) is 0 Å². The lowest BCUT2D eigenvalue weighted by atomic mass is 10.5. The predicted octanol–water partition coefficient (Wildman–Crippen LogP) is 1.31. The lowest BCUT2D eigenvalue weighted by Gasteiger charge is -2.07. The summed E-state index contributed by atoms with van der Waals surface area (Å²) in [5, 5.41) is 2.82. The highest BCUT2D eigenvalue weighted by atomic mass is 32.2. The van der Waals surface area contributed by atoms with E-state index in [0.29, 0.717) is 6.54 Å². The molecule has 1 rings (SSSR count). The molecule has 0 saturated carbocycles. The van der Waals surface area contributed by atoms with Gasteiger partial charge in [-0.2, -0.15) is 13.2 Å². The van der Waals surface area contributed by atoms with Gasteiger partial charge in [0.2, 0.25) is 10.0 Å². The molecule has 0 saturated heterocycles. The third kappa shape index (κ3) is 4.62. The van der Waals surface area contributed by atoms with E-state index in [1.54, 1.807) is 13.1 Å². The van der Waals surface area contributed by atoms with E-state index >= 15 is 0 Å². The van der Waals surface area contributed by atoms with Crippen LogP contribution >= 0.6 is 11.3 Å². The summed E-state index contributed by atoms with van der Waals surface area (Å²) in [6, 6.07) is 2.85. The van der Waals surface area contributed by atoms with Crippen molar-refractivity contribution in [2.24, 2.45) is 0 Å². The van der Waals surface area contributed by atoms with Crippen LogP contribution in [0.15, 0.2) is 16.3 Å². The van der Waals surface area contributed by atoms with Gasteiger partial charge in [-0.25, -0.2) is 13.1 Å². The Morgan fingerprint density at radius 2 is 2.00 bits per heavy atom. The lowest BCUT2D eigenvalue weighted by Crippen LogP contribution is -2.33. The molecule has 0 aliphatic carbocycles. The smallest absolute Gasteiger partial charge is 0.315 e. The summed E-state index contributed by atoms with van der Waals surface area (Å²) in [4.78, 5) is 0.736. The first-order chi connectivity index (χ1) is 7.74. The molecular weight excluding hydrogens is 277 g/mol. The lowest BCUT2D eigenvalue weighted by molar-refractivity contribution is -0.121. The summed E-state index contributed by atoms with van der Waals surface area (Å²) in [7, 11) is -2.38. The molecule has 0 radical (unpaired) electrons. The standard InChI is InChI=1S/C8H11F3N2O2S2/c1-12-4-6-2-3-7(16-6)17(14,15)13-5-8(9,10)11/h2-3,12-13H,4-5H2,1H3. The van der Waals surface area contributed by atoms with Gasteiger partial charge in [0.1, 0.15) is 10.8 Å². The minimum atomic E-state index is -4.56. The van der Waals surface area contributed by atoms with Crippen molar-refractivity contribution in [1.82, 2.24) is 10.0 Å². The molecule has 1 aromatic rings. The van der Waals surface area contributed by atoms with Crippen LogP contribution in [0.5, 0.6) is 0 Å². The van der Waals surface area contributed by atoms with Crippen molar-refractivity contribution in [2.45, 2.75) is 16.9 Å². The van der Waals surface area contributed by atoms with Gasteiger partial charge in [0.15, 0.2) is 0 Å². The monoisotopic (exact) mass is 288 g/mol. The molecule has 2 N–H and O–H groups in total. The van der Waals surface area contributed by atoms with Crippen molar-refractivity contribution in [2.75, 3.05) is 13.6 Å². The fourth-order valence-corrected chi connectivity index (χ4v) is 3.45. The van der Waals surface area contributed by atoms with E-state index < -0.39 is 22.7 Å². The van der Waals surface area contributed by atoms with Crippen LogP contribution in [-0.2, 0) is 16.6 Å². The Bertz CT molecular complexity index is 467. The number of hydrogen-bond acceptors (Lipinski definition) is 4. The molecule has 0 aliphatic rings. The largest absolute Gasteiger partial charge is 0.402 e. The highest BCUT2D eigenvalue weighted by Gasteiger charge is 2.30. The van der Waals surface area contributed by atoms with E-state index in [4.69, 9.17) is 0 Å². The summed E-state index contributed by atoms with van der Waals surface area (Å²) >= 11 is 0.935. The van der Waals surface area contributed by atoms with Crippen molar-refractivity contribution >= 4 is 21.4 Å². The van der Waals surface area contributed by atoms with Gasteiger partial charge in [0.05, 0.1) is 0 Å². The highest BCUT2D eigenvalue weighted by Crippen LogP contribution is 2.22.